The number of anilines is 1. The molecule has 1 aromatic heterocycles. The lowest BCUT2D eigenvalue weighted by Gasteiger charge is -2.37. The molecule has 0 amide bonds. The molecule has 0 saturated carbocycles. The Morgan fingerprint density at radius 3 is 2.76 bits per heavy atom. The second kappa shape index (κ2) is 5.99. The van der Waals surface area contributed by atoms with Gasteiger partial charge in [0.05, 0.1) is 5.56 Å². The Hall–Kier alpha value is -2.14. The summed E-state index contributed by atoms with van der Waals surface area (Å²) in [4.78, 5) is 22.1. The number of para-hydroxylation sites is 1. The maximum absolute atomic E-state index is 12.7. The van der Waals surface area contributed by atoms with Crippen molar-refractivity contribution in [1.29, 1.82) is 0 Å². The van der Waals surface area contributed by atoms with Crippen molar-refractivity contribution >= 4 is 5.69 Å². The number of rotatable bonds is 2. The molecular weight excluding hydrogens is 312 g/mol. The van der Waals surface area contributed by atoms with Crippen molar-refractivity contribution in [1.82, 2.24) is 14.5 Å². The first-order valence-corrected chi connectivity index (χ1v) is 9.04. The second-order valence-electron chi connectivity index (χ2n) is 7.45. The molecule has 5 heteroatoms. The van der Waals surface area contributed by atoms with Gasteiger partial charge in [0.2, 0.25) is 0 Å². The Bertz CT molecular complexity index is 872. The van der Waals surface area contributed by atoms with E-state index in [9.17, 15) is 4.79 Å². The molecule has 1 saturated heterocycles. The highest BCUT2D eigenvalue weighted by atomic mass is 16.1. The SMILES string of the molecule is Cc1nc(C)n(C)c(=O)c1CN1CCC2C(C1)c1ccccc1N2C. The van der Waals surface area contributed by atoms with Gasteiger partial charge in [0, 0.05) is 57.1 Å². The van der Waals surface area contributed by atoms with Crippen LogP contribution in [-0.4, -0.2) is 40.6 Å². The standard InChI is InChI=1S/C20H26N4O/c1-13-16(20(25)22(3)14(2)21-13)11-24-10-9-19-17(12-24)15-7-5-6-8-18(15)23(19)4/h5-8,17,19H,9-12H2,1-4H3. The van der Waals surface area contributed by atoms with Crippen LogP contribution in [0.3, 0.4) is 0 Å². The monoisotopic (exact) mass is 338 g/mol. The van der Waals surface area contributed by atoms with Crippen LogP contribution in [-0.2, 0) is 13.6 Å². The van der Waals surface area contributed by atoms with Crippen molar-refractivity contribution in [3.63, 3.8) is 0 Å². The number of hydrogen-bond donors (Lipinski definition) is 0. The van der Waals surface area contributed by atoms with Crippen LogP contribution in [0.2, 0.25) is 0 Å². The van der Waals surface area contributed by atoms with E-state index in [4.69, 9.17) is 0 Å². The minimum Gasteiger partial charge on any atom is -0.371 e. The maximum Gasteiger partial charge on any atom is 0.257 e. The molecule has 1 aromatic carbocycles. The molecule has 2 unspecified atom stereocenters. The molecule has 3 heterocycles. The highest BCUT2D eigenvalue weighted by molar-refractivity contribution is 5.61. The van der Waals surface area contributed by atoms with Gasteiger partial charge in [-0.25, -0.2) is 4.98 Å². The predicted molar refractivity (Wildman–Crippen MR) is 100 cm³/mol. The number of hydrogen-bond acceptors (Lipinski definition) is 4. The topological polar surface area (TPSA) is 41.4 Å². The van der Waals surface area contributed by atoms with Crippen LogP contribution in [0.15, 0.2) is 29.1 Å². The first kappa shape index (κ1) is 16.3. The molecule has 5 nitrogen and oxygen atoms in total. The van der Waals surface area contributed by atoms with Gasteiger partial charge in [0.1, 0.15) is 5.82 Å². The normalized spacial score (nSPS) is 22.8. The van der Waals surface area contributed by atoms with Gasteiger partial charge in [0.25, 0.3) is 5.56 Å². The van der Waals surface area contributed by atoms with Gasteiger partial charge >= 0.3 is 0 Å². The molecule has 132 valence electrons. The lowest BCUT2D eigenvalue weighted by molar-refractivity contribution is 0.186. The van der Waals surface area contributed by atoms with Crippen molar-refractivity contribution in [2.24, 2.45) is 7.05 Å². The molecule has 2 aliphatic heterocycles. The van der Waals surface area contributed by atoms with Gasteiger partial charge in [-0.1, -0.05) is 18.2 Å². The van der Waals surface area contributed by atoms with Crippen LogP contribution >= 0.6 is 0 Å². The van der Waals surface area contributed by atoms with Crippen molar-refractivity contribution in [3.05, 3.63) is 57.3 Å². The van der Waals surface area contributed by atoms with Crippen LogP contribution in [0.5, 0.6) is 0 Å². The van der Waals surface area contributed by atoms with Crippen molar-refractivity contribution in [3.8, 4) is 0 Å². The summed E-state index contributed by atoms with van der Waals surface area (Å²) in [6.45, 7) is 6.56. The Balaban J connectivity index is 1.60. The molecule has 1 fully saturated rings. The molecule has 0 spiro atoms. The fourth-order valence-corrected chi connectivity index (χ4v) is 4.52. The third-order valence-corrected chi connectivity index (χ3v) is 6.07. The highest BCUT2D eigenvalue weighted by Gasteiger charge is 2.40. The first-order chi connectivity index (χ1) is 12.0. The predicted octanol–water partition coefficient (Wildman–Crippen LogP) is 2.21. The third kappa shape index (κ3) is 2.58. The number of fused-ring (bicyclic) bond motifs is 3. The Morgan fingerprint density at radius 2 is 1.96 bits per heavy atom. The van der Waals surface area contributed by atoms with Crippen molar-refractivity contribution < 1.29 is 0 Å². The zero-order valence-electron chi connectivity index (χ0n) is 15.5. The van der Waals surface area contributed by atoms with Crippen molar-refractivity contribution in [2.45, 2.75) is 38.8 Å². The van der Waals surface area contributed by atoms with Gasteiger partial charge in [-0.2, -0.15) is 0 Å². The molecule has 4 rings (SSSR count). The smallest absolute Gasteiger partial charge is 0.257 e. The largest absolute Gasteiger partial charge is 0.371 e. The summed E-state index contributed by atoms with van der Waals surface area (Å²) in [6, 6.07) is 9.32. The van der Waals surface area contributed by atoms with Crippen LogP contribution in [0.25, 0.3) is 0 Å². The molecule has 0 bridgehead atoms. The Labute approximate surface area is 148 Å². The number of benzene rings is 1. The van der Waals surface area contributed by atoms with E-state index in [0.29, 0.717) is 18.5 Å². The zero-order chi connectivity index (χ0) is 17.7. The average Bonchev–Trinajstić information content (AvgIpc) is 2.90. The summed E-state index contributed by atoms with van der Waals surface area (Å²) in [7, 11) is 4.02. The molecule has 2 atom stereocenters. The van der Waals surface area contributed by atoms with E-state index in [1.807, 2.05) is 20.9 Å². The van der Waals surface area contributed by atoms with E-state index in [2.05, 4.69) is 46.1 Å². The molecule has 0 radical (unpaired) electrons. The summed E-state index contributed by atoms with van der Waals surface area (Å²) in [6.07, 6.45) is 1.13. The fraction of sp³-hybridized carbons (Fsp3) is 0.500. The number of aromatic nitrogens is 2. The summed E-state index contributed by atoms with van der Waals surface area (Å²) in [5.74, 6) is 1.30. The van der Waals surface area contributed by atoms with E-state index >= 15 is 0 Å². The molecule has 2 aliphatic rings. The number of likely N-dealkylation sites (N-methyl/N-ethyl adjacent to an activating group) is 1. The highest BCUT2D eigenvalue weighted by Crippen LogP contribution is 2.43. The summed E-state index contributed by atoms with van der Waals surface area (Å²) in [5.41, 5.74) is 4.61. The van der Waals surface area contributed by atoms with Gasteiger partial charge in [-0.15, -0.1) is 0 Å². The van der Waals surface area contributed by atoms with E-state index in [1.54, 1.807) is 4.57 Å². The summed E-state index contributed by atoms with van der Waals surface area (Å²) in [5, 5.41) is 0. The number of nitrogens with zero attached hydrogens (tertiary/aromatic N) is 4. The molecule has 0 aliphatic carbocycles. The van der Waals surface area contributed by atoms with E-state index in [0.717, 1.165) is 36.6 Å². The second-order valence-corrected chi connectivity index (χ2v) is 7.45. The zero-order valence-corrected chi connectivity index (χ0v) is 15.5. The molecule has 0 N–H and O–H groups in total. The maximum atomic E-state index is 12.7. The lowest BCUT2D eigenvalue weighted by Crippen LogP contribution is -2.45. The molecule has 2 aromatic rings. The van der Waals surface area contributed by atoms with Crippen LogP contribution in [0.1, 0.15) is 35.0 Å². The molecular formula is C20H26N4O. The minimum absolute atomic E-state index is 0.0936. The lowest BCUT2D eigenvalue weighted by atomic mass is 9.89. The third-order valence-electron chi connectivity index (χ3n) is 6.07. The number of piperidine rings is 1. The number of likely N-dealkylation sites (tertiary alicyclic amines) is 1. The van der Waals surface area contributed by atoms with E-state index in [-0.39, 0.29) is 5.56 Å². The van der Waals surface area contributed by atoms with Crippen LogP contribution in [0.4, 0.5) is 5.69 Å². The average molecular weight is 338 g/mol. The Kier molecular flexibility index (Phi) is 3.91. The first-order valence-electron chi connectivity index (χ1n) is 9.04. The minimum atomic E-state index is 0.0936. The summed E-state index contributed by atoms with van der Waals surface area (Å²) >= 11 is 0. The Morgan fingerprint density at radius 1 is 1.20 bits per heavy atom. The van der Waals surface area contributed by atoms with Gasteiger partial charge < -0.3 is 4.90 Å². The van der Waals surface area contributed by atoms with Gasteiger partial charge in [0.15, 0.2) is 0 Å². The van der Waals surface area contributed by atoms with Crippen LogP contribution < -0.4 is 10.5 Å². The van der Waals surface area contributed by atoms with Crippen molar-refractivity contribution in [2.75, 3.05) is 25.0 Å². The van der Waals surface area contributed by atoms with Crippen LogP contribution in [0, 0.1) is 13.8 Å². The molecule has 25 heavy (non-hydrogen) atoms. The van der Waals surface area contributed by atoms with Gasteiger partial charge in [-0.05, 0) is 31.9 Å². The fourth-order valence-electron chi connectivity index (χ4n) is 4.52. The number of aryl methyl sites for hydroxylation is 2. The quantitative estimate of drug-likeness (QED) is 0.842. The van der Waals surface area contributed by atoms with E-state index in [1.165, 1.54) is 11.3 Å². The van der Waals surface area contributed by atoms with Gasteiger partial charge in [-0.3, -0.25) is 14.3 Å². The summed E-state index contributed by atoms with van der Waals surface area (Å²) < 4.78 is 1.66. The van der Waals surface area contributed by atoms with E-state index < -0.39 is 0 Å².